The maximum Gasteiger partial charge on any atom is 0.261 e. The van der Waals surface area contributed by atoms with E-state index in [0.717, 1.165) is 12.8 Å². The predicted molar refractivity (Wildman–Crippen MR) is 130 cm³/mol. The molecule has 1 rings (SSSR count). The van der Waals surface area contributed by atoms with Gasteiger partial charge < -0.3 is 10.0 Å². The van der Waals surface area contributed by atoms with Crippen LogP contribution in [0.2, 0.25) is 0 Å². The number of carbonyl (C=O) groups is 2. The van der Waals surface area contributed by atoms with E-state index >= 15 is 0 Å². The normalized spacial score (nSPS) is 16.3. The fourth-order valence-corrected chi connectivity index (χ4v) is 4.15. The third-order valence-electron chi connectivity index (χ3n) is 6.20. The monoisotopic (exact) mass is 433 g/mol. The fourth-order valence-electron chi connectivity index (χ4n) is 4.15. The van der Waals surface area contributed by atoms with Gasteiger partial charge in [-0.15, -0.1) is 0 Å². The molecule has 1 amide bonds. The topological polar surface area (TPSA) is 57.6 Å². The van der Waals surface area contributed by atoms with Gasteiger partial charge in [0, 0.05) is 6.04 Å². The van der Waals surface area contributed by atoms with Crippen molar-refractivity contribution in [1.29, 1.82) is 0 Å². The van der Waals surface area contributed by atoms with Crippen LogP contribution in [0.5, 0.6) is 0 Å². The van der Waals surface area contributed by atoms with Gasteiger partial charge >= 0.3 is 0 Å². The van der Waals surface area contributed by atoms with E-state index in [1.165, 1.54) is 101 Å². The Morgan fingerprint density at radius 1 is 0.839 bits per heavy atom. The Balaban J connectivity index is 2.00. The van der Waals surface area contributed by atoms with Crippen LogP contribution in [0.15, 0.2) is 23.5 Å². The minimum absolute atomic E-state index is 0.0361. The fraction of sp³-hybridized carbons (Fsp3) is 0.778. The molecule has 178 valence electrons. The minimum atomic E-state index is -0.353. The quantitative estimate of drug-likeness (QED) is 0.106. The Labute approximate surface area is 191 Å². The van der Waals surface area contributed by atoms with Crippen LogP contribution in [0.25, 0.3) is 0 Å². The molecule has 1 heterocycles. The van der Waals surface area contributed by atoms with Gasteiger partial charge in [-0.05, 0) is 32.8 Å². The van der Waals surface area contributed by atoms with Crippen molar-refractivity contribution in [3.63, 3.8) is 0 Å². The lowest BCUT2D eigenvalue weighted by atomic mass is 10.0. The van der Waals surface area contributed by atoms with E-state index in [9.17, 15) is 14.7 Å². The van der Waals surface area contributed by atoms with Crippen LogP contribution in [-0.4, -0.2) is 34.3 Å². The van der Waals surface area contributed by atoms with Crippen molar-refractivity contribution in [3.8, 4) is 0 Å². The number of amides is 1. The number of Topliss-reactive ketones (excluding diaryl/α,β-unsaturated/α-hetero) is 1. The van der Waals surface area contributed by atoms with E-state index < -0.39 is 0 Å². The average Bonchev–Trinajstić information content (AvgIpc) is 3.04. The summed E-state index contributed by atoms with van der Waals surface area (Å²) in [6.07, 6.45) is 24.4. The van der Waals surface area contributed by atoms with Gasteiger partial charge in [0.2, 0.25) is 0 Å². The Morgan fingerprint density at radius 2 is 1.29 bits per heavy atom. The van der Waals surface area contributed by atoms with E-state index in [0.29, 0.717) is 0 Å². The number of hydrogen-bond acceptors (Lipinski definition) is 3. The van der Waals surface area contributed by atoms with E-state index in [-0.39, 0.29) is 35.6 Å². The number of carbonyl (C=O) groups excluding carboxylic acids is 2. The molecular formula is C27H47NO3. The van der Waals surface area contributed by atoms with Gasteiger partial charge in [-0.1, -0.05) is 103 Å². The van der Waals surface area contributed by atoms with E-state index in [1.54, 1.807) is 0 Å². The molecule has 1 saturated heterocycles. The second kappa shape index (κ2) is 17.0. The van der Waals surface area contributed by atoms with Gasteiger partial charge in [0.25, 0.3) is 5.91 Å². The standard InChI is InChI=1S/C27H47NO3/c1-4-5-6-7-8-9-10-11-12-13-14-15-16-17-18-19-20-21-24(29)26-25(30)22-28(23(2)3)27(26)31/h20-21,23,29H,4-19,22H2,1-3H3. The molecule has 0 aromatic rings. The van der Waals surface area contributed by atoms with E-state index in [1.807, 2.05) is 19.9 Å². The van der Waals surface area contributed by atoms with Gasteiger partial charge in [-0.3, -0.25) is 9.59 Å². The maximum atomic E-state index is 12.2. The lowest BCUT2D eigenvalue weighted by Crippen LogP contribution is -2.32. The van der Waals surface area contributed by atoms with E-state index in [2.05, 4.69) is 6.92 Å². The van der Waals surface area contributed by atoms with Gasteiger partial charge in [-0.2, -0.15) is 0 Å². The Hall–Kier alpha value is -1.58. The zero-order valence-electron chi connectivity index (χ0n) is 20.5. The van der Waals surface area contributed by atoms with Crippen LogP contribution in [-0.2, 0) is 9.59 Å². The molecule has 0 saturated carbocycles. The molecule has 0 bridgehead atoms. The van der Waals surface area contributed by atoms with Crippen molar-refractivity contribution < 1.29 is 14.7 Å². The number of aliphatic hydroxyl groups excluding tert-OH is 1. The van der Waals surface area contributed by atoms with E-state index in [4.69, 9.17) is 0 Å². The number of hydrogen-bond donors (Lipinski definition) is 1. The Kier molecular flexibility index (Phi) is 15.1. The van der Waals surface area contributed by atoms with Crippen molar-refractivity contribution in [3.05, 3.63) is 23.5 Å². The third kappa shape index (κ3) is 11.6. The van der Waals surface area contributed by atoms with Crippen molar-refractivity contribution in [1.82, 2.24) is 4.90 Å². The van der Waals surface area contributed by atoms with Gasteiger partial charge in [0.15, 0.2) is 5.78 Å². The first-order chi connectivity index (χ1) is 15.0. The highest BCUT2D eigenvalue weighted by Crippen LogP contribution is 2.20. The minimum Gasteiger partial charge on any atom is -0.507 e. The number of unbranched alkanes of at least 4 members (excludes halogenated alkanes) is 15. The first-order valence-electron chi connectivity index (χ1n) is 12.9. The Morgan fingerprint density at radius 3 is 1.71 bits per heavy atom. The van der Waals surface area contributed by atoms with Gasteiger partial charge in [-0.25, -0.2) is 0 Å². The number of likely N-dealkylation sites (tertiary alicyclic amines) is 1. The highest BCUT2D eigenvalue weighted by Gasteiger charge is 2.37. The van der Waals surface area contributed by atoms with Crippen LogP contribution in [0, 0.1) is 0 Å². The van der Waals surface area contributed by atoms with Crippen LogP contribution in [0.1, 0.15) is 124 Å². The molecule has 0 aromatic carbocycles. The highest BCUT2D eigenvalue weighted by molar-refractivity contribution is 6.25. The largest absolute Gasteiger partial charge is 0.507 e. The third-order valence-corrected chi connectivity index (χ3v) is 6.20. The second-order valence-electron chi connectivity index (χ2n) is 9.35. The molecule has 0 unspecified atom stereocenters. The summed E-state index contributed by atoms with van der Waals surface area (Å²) < 4.78 is 0. The molecule has 1 aliphatic heterocycles. The summed E-state index contributed by atoms with van der Waals surface area (Å²) in [6, 6.07) is -0.0361. The zero-order chi connectivity index (χ0) is 22.9. The molecule has 4 nitrogen and oxygen atoms in total. The van der Waals surface area contributed by atoms with Gasteiger partial charge in [0.1, 0.15) is 11.3 Å². The predicted octanol–water partition coefficient (Wildman–Crippen LogP) is 7.44. The molecule has 0 radical (unpaired) electrons. The second-order valence-corrected chi connectivity index (χ2v) is 9.35. The Bertz CT molecular complexity index is 577. The van der Waals surface area contributed by atoms with Crippen LogP contribution < -0.4 is 0 Å². The molecule has 4 heteroatoms. The van der Waals surface area contributed by atoms with Crippen LogP contribution in [0.3, 0.4) is 0 Å². The zero-order valence-corrected chi connectivity index (χ0v) is 20.5. The number of allylic oxidation sites excluding steroid dienone is 2. The summed E-state index contributed by atoms with van der Waals surface area (Å²) in [5.41, 5.74) is -0.0542. The molecule has 0 atom stereocenters. The summed E-state index contributed by atoms with van der Waals surface area (Å²) in [7, 11) is 0. The maximum absolute atomic E-state index is 12.2. The summed E-state index contributed by atoms with van der Waals surface area (Å²) in [5, 5.41) is 10.1. The first kappa shape index (κ1) is 27.5. The molecule has 1 N–H and O–H groups in total. The number of nitrogens with zero attached hydrogens (tertiary/aromatic N) is 1. The molecule has 31 heavy (non-hydrogen) atoms. The molecule has 0 spiro atoms. The summed E-state index contributed by atoms with van der Waals surface area (Å²) >= 11 is 0. The number of rotatable bonds is 18. The number of ketones is 1. The number of aliphatic hydroxyl groups is 1. The van der Waals surface area contributed by atoms with Crippen molar-refractivity contribution in [2.24, 2.45) is 0 Å². The molecule has 0 aromatic heterocycles. The molecule has 1 aliphatic rings. The van der Waals surface area contributed by atoms with Crippen LogP contribution >= 0.6 is 0 Å². The summed E-state index contributed by atoms with van der Waals surface area (Å²) in [5.74, 6) is -0.818. The highest BCUT2D eigenvalue weighted by atomic mass is 16.3. The first-order valence-corrected chi connectivity index (χ1v) is 12.9. The lowest BCUT2D eigenvalue weighted by molar-refractivity contribution is -0.126. The summed E-state index contributed by atoms with van der Waals surface area (Å²) in [6.45, 7) is 6.09. The molecule has 0 aliphatic carbocycles. The SMILES string of the molecule is CCCCCCCCCCCCCCCCCC=CC(O)=C1C(=O)CN(C(C)C)C1=O. The van der Waals surface area contributed by atoms with Crippen molar-refractivity contribution in [2.45, 2.75) is 130 Å². The molecular weight excluding hydrogens is 386 g/mol. The average molecular weight is 434 g/mol. The van der Waals surface area contributed by atoms with Gasteiger partial charge in [0.05, 0.1) is 6.54 Å². The lowest BCUT2D eigenvalue weighted by Gasteiger charge is -2.18. The van der Waals surface area contributed by atoms with Crippen molar-refractivity contribution in [2.75, 3.05) is 6.54 Å². The summed E-state index contributed by atoms with van der Waals surface area (Å²) in [4.78, 5) is 25.7. The van der Waals surface area contributed by atoms with Crippen molar-refractivity contribution >= 4 is 11.7 Å². The molecule has 1 fully saturated rings. The van der Waals surface area contributed by atoms with Crippen LogP contribution in [0.4, 0.5) is 0 Å². The smallest absolute Gasteiger partial charge is 0.261 e.